The van der Waals surface area contributed by atoms with Crippen molar-refractivity contribution in [3.63, 3.8) is 0 Å². The van der Waals surface area contributed by atoms with Gasteiger partial charge in [0.15, 0.2) is 0 Å². The van der Waals surface area contributed by atoms with E-state index in [9.17, 15) is 0 Å². The summed E-state index contributed by atoms with van der Waals surface area (Å²) in [6.45, 7) is 4.04. The third kappa shape index (κ3) is 2.48. The Morgan fingerprint density at radius 2 is 1.75 bits per heavy atom. The maximum atomic E-state index is 5.57. The van der Waals surface area contributed by atoms with Gasteiger partial charge in [-0.25, -0.2) is 0 Å². The molecule has 0 bridgehead atoms. The molecular formula is C12H13N3O. The van der Waals surface area contributed by atoms with Crippen LogP contribution in [-0.2, 0) is 0 Å². The van der Waals surface area contributed by atoms with Gasteiger partial charge in [0.25, 0.3) is 0 Å². The van der Waals surface area contributed by atoms with E-state index in [4.69, 9.17) is 10.5 Å². The van der Waals surface area contributed by atoms with Crippen LogP contribution in [0.15, 0.2) is 30.6 Å². The quantitative estimate of drug-likeness (QED) is 0.835. The zero-order chi connectivity index (χ0) is 11.5. The van der Waals surface area contributed by atoms with Crippen LogP contribution in [0.3, 0.4) is 0 Å². The maximum absolute atomic E-state index is 5.57. The van der Waals surface area contributed by atoms with Gasteiger partial charge in [-0.3, -0.25) is 4.98 Å². The van der Waals surface area contributed by atoms with Crippen molar-refractivity contribution in [1.82, 2.24) is 9.97 Å². The van der Waals surface area contributed by atoms with Gasteiger partial charge < -0.3 is 10.5 Å². The first-order valence-corrected chi connectivity index (χ1v) is 4.97. The predicted molar refractivity (Wildman–Crippen MR) is 62.4 cm³/mol. The third-order valence-electron chi connectivity index (χ3n) is 2.05. The molecule has 0 unspecified atom stereocenters. The van der Waals surface area contributed by atoms with E-state index in [2.05, 4.69) is 16.0 Å². The molecule has 0 fully saturated rings. The molecule has 0 radical (unpaired) electrons. The smallest absolute Gasteiger partial charge is 0.239 e. The van der Waals surface area contributed by atoms with Crippen molar-refractivity contribution in [3.05, 3.63) is 41.7 Å². The van der Waals surface area contributed by atoms with Crippen LogP contribution < -0.4 is 10.5 Å². The Hall–Kier alpha value is -2.10. The first-order valence-electron chi connectivity index (χ1n) is 4.97. The van der Waals surface area contributed by atoms with Crippen LogP contribution in [0.5, 0.6) is 11.6 Å². The Balaban J connectivity index is 2.27. The number of aryl methyl sites for hydroxylation is 2. The monoisotopic (exact) mass is 215 g/mol. The molecule has 2 aromatic rings. The van der Waals surface area contributed by atoms with Crippen molar-refractivity contribution in [2.24, 2.45) is 0 Å². The van der Waals surface area contributed by atoms with Crippen molar-refractivity contribution in [2.45, 2.75) is 13.8 Å². The molecule has 0 saturated carbocycles. The van der Waals surface area contributed by atoms with Gasteiger partial charge in [-0.15, -0.1) is 0 Å². The Bertz CT molecular complexity index is 491. The molecule has 0 atom stereocenters. The molecule has 1 heterocycles. The molecule has 16 heavy (non-hydrogen) atoms. The topological polar surface area (TPSA) is 61.0 Å². The molecule has 2 N–H and O–H groups in total. The summed E-state index contributed by atoms with van der Waals surface area (Å²) >= 11 is 0. The Morgan fingerprint density at radius 1 is 1.06 bits per heavy atom. The van der Waals surface area contributed by atoms with Crippen LogP contribution in [-0.4, -0.2) is 9.97 Å². The highest BCUT2D eigenvalue weighted by molar-refractivity contribution is 5.36. The number of rotatable bonds is 2. The van der Waals surface area contributed by atoms with E-state index in [1.54, 1.807) is 0 Å². The van der Waals surface area contributed by atoms with Crippen LogP contribution in [0.2, 0.25) is 0 Å². The highest BCUT2D eigenvalue weighted by Gasteiger charge is 2.01. The van der Waals surface area contributed by atoms with E-state index < -0.39 is 0 Å². The Morgan fingerprint density at radius 3 is 2.38 bits per heavy atom. The fraction of sp³-hybridized carbons (Fsp3) is 0.167. The molecular weight excluding hydrogens is 202 g/mol. The molecule has 0 saturated heterocycles. The van der Waals surface area contributed by atoms with Gasteiger partial charge in [-0.05, 0) is 37.1 Å². The summed E-state index contributed by atoms with van der Waals surface area (Å²) in [5, 5.41) is 0. The molecule has 4 heteroatoms. The molecule has 0 aliphatic heterocycles. The average molecular weight is 215 g/mol. The highest BCUT2D eigenvalue weighted by atomic mass is 16.5. The molecule has 0 spiro atoms. The minimum absolute atomic E-state index is 0.349. The van der Waals surface area contributed by atoms with Crippen LogP contribution in [0.25, 0.3) is 0 Å². The fourth-order valence-corrected chi connectivity index (χ4v) is 1.52. The lowest BCUT2D eigenvalue weighted by Gasteiger charge is -2.06. The van der Waals surface area contributed by atoms with Crippen LogP contribution in [0.1, 0.15) is 11.1 Å². The van der Waals surface area contributed by atoms with Crippen molar-refractivity contribution in [1.29, 1.82) is 0 Å². The number of benzene rings is 1. The maximum Gasteiger partial charge on any atom is 0.239 e. The Labute approximate surface area is 94.1 Å². The van der Waals surface area contributed by atoms with Gasteiger partial charge in [0.1, 0.15) is 11.6 Å². The minimum atomic E-state index is 0.349. The number of nitrogen functional groups attached to an aromatic ring is 1. The zero-order valence-corrected chi connectivity index (χ0v) is 9.27. The number of aromatic nitrogens is 2. The second-order valence-electron chi connectivity index (χ2n) is 3.71. The van der Waals surface area contributed by atoms with Gasteiger partial charge in [-0.2, -0.15) is 4.98 Å². The van der Waals surface area contributed by atoms with E-state index in [1.807, 2.05) is 26.0 Å². The predicted octanol–water partition coefficient (Wildman–Crippen LogP) is 2.47. The van der Waals surface area contributed by atoms with Crippen LogP contribution >= 0.6 is 0 Å². The first-order chi connectivity index (χ1) is 7.63. The lowest BCUT2D eigenvalue weighted by Crippen LogP contribution is -1.95. The van der Waals surface area contributed by atoms with Crippen molar-refractivity contribution in [2.75, 3.05) is 5.73 Å². The van der Waals surface area contributed by atoms with E-state index in [1.165, 1.54) is 12.4 Å². The minimum Gasteiger partial charge on any atom is -0.437 e. The molecule has 0 amide bonds. The van der Waals surface area contributed by atoms with E-state index >= 15 is 0 Å². The van der Waals surface area contributed by atoms with Crippen molar-refractivity contribution >= 4 is 5.82 Å². The number of nitrogens with two attached hydrogens (primary N) is 1. The molecule has 0 aliphatic rings. The average Bonchev–Trinajstić information content (AvgIpc) is 2.15. The van der Waals surface area contributed by atoms with Gasteiger partial charge in [-0.1, -0.05) is 6.07 Å². The van der Waals surface area contributed by atoms with E-state index in [-0.39, 0.29) is 0 Å². The van der Waals surface area contributed by atoms with Gasteiger partial charge in [0, 0.05) is 0 Å². The highest BCUT2D eigenvalue weighted by Crippen LogP contribution is 2.21. The fourth-order valence-electron chi connectivity index (χ4n) is 1.52. The summed E-state index contributed by atoms with van der Waals surface area (Å²) in [7, 11) is 0. The number of anilines is 1. The van der Waals surface area contributed by atoms with Gasteiger partial charge >= 0.3 is 0 Å². The van der Waals surface area contributed by atoms with Crippen molar-refractivity contribution in [3.8, 4) is 11.6 Å². The summed E-state index contributed by atoms with van der Waals surface area (Å²) in [5.74, 6) is 1.50. The van der Waals surface area contributed by atoms with E-state index in [0.29, 0.717) is 11.7 Å². The summed E-state index contributed by atoms with van der Waals surface area (Å²) < 4.78 is 5.57. The third-order valence-corrected chi connectivity index (χ3v) is 2.05. The summed E-state index contributed by atoms with van der Waals surface area (Å²) in [6, 6.07) is 5.97. The van der Waals surface area contributed by atoms with Crippen LogP contribution in [0.4, 0.5) is 5.82 Å². The van der Waals surface area contributed by atoms with Crippen LogP contribution in [0, 0.1) is 13.8 Å². The normalized spacial score (nSPS) is 10.1. The SMILES string of the molecule is Cc1cc(C)cc(Oc2cncc(N)n2)c1. The molecule has 82 valence electrons. The summed E-state index contributed by atoms with van der Waals surface area (Å²) in [6.07, 6.45) is 3.02. The second-order valence-corrected chi connectivity index (χ2v) is 3.71. The lowest BCUT2D eigenvalue weighted by molar-refractivity contribution is 0.460. The van der Waals surface area contributed by atoms with E-state index in [0.717, 1.165) is 16.9 Å². The second kappa shape index (κ2) is 4.18. The molecule has 4 nitrogen and oxygen atoms in total. The largest absolute Gasteiger partial charge is 0.437 e. The lowest BCUT2D eigenvalue weighted by atomic mass is 10.1. The Kier molecular flexibility index (Phi) is 2.72. The molecule has 1 aromatic heterocycles. The van der Waals surface area contributed by atoms with Crippen molar-refractivity contribution < 1.29 is 4.74 Å². The van der Waals surface area contributed by atoms with Gasteiger partial charge in [0.2, 0.25) is 5.88 Å². The summed E-state index contributed by atoms with van der Waals surface area (Å²) in [5.41, 5.74) is 7.81. The zero-order valence-electron chi connectivity index (χ0n) is 9.27. The standard InChI is InChI=1S/C12H13N3O/c1-8-3-9(2)5-10(4-8)16-12-7-14-6-11(13)15-12/h3-7H,1-2H3,(H2,13,15). The molecule has 0 aliphatic carbocycles. The molecule has 1 aromatic carbocycles. The van der Waals surface area contributed by atoms with Gasteiger partial charge in [0.05, 0.1) is 12.4 Å². The first kappa shape index (κ1) is 10.4. The number of hydrogen-bond donors (Lipinski definition) is 1. The number of nitrogens with zero attached hydrogens (tertiary/aromatic N) is 2. The molecule has 2 rings (SSSR count). The summed E-state index contributed by atoms with van der Waals surface area (Å²) in [4.78, 5) is 7.93. The number of hydrogen-bond acceptors (Lipinski definition) is 4. The number of ether oxygens (including phenoxy) is 1.